The molecule has 2 heterocycles. The molecule has 3 aromatic rings. The topological polar surface area (TPSA) is 90.1 Å². The van der Waals surface area contributed by atoms with E-state index in [-0.39, 0.29) is 0 Å². The molecule has 6 heteroatoms. The third-order valence-electron chi connectivity index (χ3n) is 5.08. The van der Waals surface area contributed by atoms with Gasteiger partial charge in [0.2, 0.25) is 5.91 Å². The monoisotopic (exact) mass is 390 g/mol. The van der Waals surface area contributed by atoms with Crippen LogP contribution >= 0.6 is 0 Å². The molecule has 1 atom stereocenters. The number of aryl methyl sites for hydroxylation is 1. The molecule has 0 bridgehead atoms. The van der Waals surface area contributed by atoms with Crippen molar-refractivity contribution in [1.29, 1.82) is 0 Å². The van der Waals surface area contributed by atoms with E-state index in [1.54, 1.807) is 25.7 Å². The number of pyridine rings is 2. The highest BCUT2D eigenvalue weighted by molar-refractivity contribution is 5.86. The van der Waals surface area contributed by atoms with Crippen LogP contribution < -0.4 is 15.8 Å². The number of methoxy groups -OCH3 is 1. The van der Waals surface area contributed by atoms with Crippen molar-refractivity contribution in [3.63, 3.8) is 0 Å². The van der Waals surface area contributed by atoms with Crippen LogP contribution in [0, 0.1) is 0 Å². The zero-order valence-corrected chi connectivity index (χ0v) is 16.5. The maximum atomic E-state index is 12.8. The highest BCUT2D eigenvalue weighted by Gasteiger charge is 2.38. The number of aromatic nitrogens is 2. The van der Waals surface area contributed by atoms with E-state index >= 15 is 0 Å². The minimum absolute atomic E-state index is 0.411. The summed E-state index contributed by atoms with van der Waals surface area (Å²) in [7, 11) is 1.61. The van der Waals surface area contributed by atoms with Gasteiger partial charge in [-0.1, -0.05) is 18.2 Å². The van der Waals surface area contributed by atoms with Gasteiger partial charge in [-0.2, -0.15) is 0 Å². The maximum Gasteiger partial charge on any atom is 0.242 e. The van der Waals surface area contributed by atoms with E-state index in [0.717, 1.165) is 23.1 Å². The molecule has 6 nitrogen and oxygen atoms in total. The fourth-order valence-corrected chi connectivity index (χ4v) is 3.42. The lowest BCUT2D eigenvalue weighted by Crippen LogP contribution is -2.53. The van der Waals surface area contributed by atoms with Crippen molar-refractivity contribution in [3.05, 3.63) is 90.0 Å². The van der Waals surface area contributed by atoms with E-state index in [9.17, 15) is 4.79 Å². The van der Waals surface area contributed by atoms with Gasteiger partial charge in [0.15, 0.2) is 0 Å². The van der Waals surface area contributed by atoms with E-state index in [1.165, 1.54) is 0 Å². The molecule has 0 aliphatic heterocycles. The number of carbonyl (C=O) groups excluding carboxylic acids is 1. The summed E-state index contributed by atoms with van der Waals surface area (Å²) in [6, 6.07) is 15.3. The van der Waals surface area contributed by atoms with Crippen molar-refractivity contribution >= 4 is 5.91 Å². The van der Waals surface area contributed by atoms with E-state index in [2.05, 4.69) is 15.3 Å². The molecule has 2 aromatic heterocycles. The van der Waals surface area contributed by atoms with Crippen LogP contribution in [0.5, 0.6) is 5.75 Å². The van der Waals surface area contributed by atoms with Gasteiger partial charge < -0.3 is 10.5 Å². The van der Waals surface area contributed by atoms with Crippen LogP contribution in [-0.4, -0.2) is 29.5 Å². The quantitative estimate of drug-likeness (QED) is 0.555. The Hall–Kier alpha value is -3.25. The number of hydrogen-bond donors (Lipinski definition) is 2. The Morgan fingerprint density at radius 2 is 1.86 bits per heavy atom. The second kappa shape index (κ2) is 9.80. The standard InChI is InChI=1S/C23H26N4O2/c1-29-21-6-2-5-20(16-21)23(22(24)28,11-7-18-8-13-25-14-9-18)27-15-10-19-4-3-12-26-17-19/h2-6,8-9,12-14,16-17,27H,7,10-11,15H2,1H3,(H2,24,28). The average Bonchev–Trinajstić information content (AvgIpc) is 2.77. The number of primary amides is 1. The number of hydrogen-bond acceptors (Lipinski definition) is 5. The number of nitrogens with two attached hydrogens (primary N) is 1. The Morgan fingerprint density at radius 3 is 2.55 bits per heavy atom. The van der Waals surface area contributed by atoms with Gasteiger partial charge in [-0.25, -0.2) is 0 Å². The van der Waals surface area contributed by atoms with Crippen molar-refractivity contribution in [2.75, 3.05) is 13.7 Å². The smallest absolute Gasteiger partial charge is 0.242 e. The van der Waals surface area contributed by atoms with Crippen molar-refractivity contribution in [1.82, 2.24) is 15.3 Å². The first-order chi connectivity index (χ1) is 14.1. The molecule has 1 aromatic carbocycles. The van der Waals surface area contributed by atoms with Gasteiger partial charge in [0.05, 0.1) is 7.11 Å². The molecule has 0 spiro atoms. The van der Waals surface area contributed by atoms with E-state index in [4.69, 9.17) is 10.5 Å². The van der Waals surface area contributed by atoms with Gasteiger partial charge in [-0.3, -0.25) is 20.1 Å². The van der Waals surface area contributed by atoms with Crippen LogP contribution in [0.25, 0.3) is 0 Å². The second-order valence-electron chi connectivity index (χ2n) is 6.90. The van der Waals surface area contributed by atoms with Crippen molar-refractivity contribution < 1.29 is 9.53 Å². The fraction of sp³-hybridized carbons (Fsp3) is 0.261. The third-order valence-corrected chi connectivity index (χ3v) is 5.08. The zero-order valence-electron chi connectivity index (χ0n) is 16.5. The molecule has 0 aliphatic carbocycles. The summed E-state index contributed by atoms with van der Waals surface area (Å²) in [6.45, 7) is 0.586. The fourth-order valence-electron chi connectivity index (χ4n) is 3.42. The summed E-state index contributed by atoms with van der Waals surface area (Å²) in [5.41, 5.74) is 7.95. The molecule has 3 rings (SSSR count). The van der Waals surface area contributed by atoms with E-state index in [1.807, 2.05) is 54.7 Å². The number of amides is 1. The Labute approximate surface area is 171 Å². The first-order valence-corrected chi connectivity index (χ1v) is 9.61. The number of nitrogens with zero attached hydrogens (tertiary/aromatic N) is 2. The number of carbonyl (C=O) groups is 1. The van der Waals surface area contributed by atoms with Gasteiger partial charge in [0.1, 0.15) is 11.3 Å². The minimum Gasteiger partial charge on any atom is -0.497 e. The normalized spacial score (nSPS) is 12.9. The number of nitrogens with one attached hydrogen (secondary N) is 1. The Balaban J connectivity index is 1.87. The van der Waals surface area contributed by atoms with Crippen LogP contribution in [0.1, 0.15) is 23.1 Å². The SMILES string of the molecule is COc1cccc(C(CCc2ccncc2)(NCCc2cccnc2)C(N)=O)c1. The van der Waals surface area contributed by atoms with Crippen molar-refractivity contribution in [3.8, 4) is 5.75 Å². The van der Waals surface area contributed by atoms with Crippen LogP contribution in [0.3, 0.4) is 0 Å². The molecule has 29 heavy (non-hydrogen) atoms. The summed E-state index contributed by atoms with van der Waals surface area (Å²) in [5, 5.41) is 3.45. The Morgan fingerprint density at radius 1 is 1.03 bits per heavy atom. The van der Waals surface area contributed by atoms with Crippen LogP contribution in [0.4, 0.5) is 0 Å². The van der Waals surface area contributed by atoms with Crippen LogP contribution in [0.2, 0.25) is 0 Å². The predicted molar refractivity (Wildman–Crippen MR) is 112 cm³/mol. The lowest BCUT2D eigenvalue weighted by Gasteiger charge is -2.33. The van der Waals surface area contributed by atoms with Crippen molar-refractivity contribution in [2.45, 2.75) is 24.8 Å². The molecule has 0 aliphatic rings. The second-order valence-corrected chi connectivity index (χ2v) is 6.90. The first kappa shape index (κ1) is 20.5. The average molecular weight is 390 g/mol. The lowest BCUT2D eigenvalue weighted by molar-refractivity contribution is -0.125. The Kier molecular flexibility index (Phi) is 6.92. The van der Waals surface area contributed by atoms with E-state index in [0.29, 0.717) is 25.1 Å². The molecule has 0 radical (unpaired) electrons. The molecule has 0 fully saturated rings. The minimum atomic E-state index is -1.01. The van der Waals surface area contributed by atoms with Gasteiger partial charge in [-0.15, -0.1) is 0 Å². The molecule has 150 valence electrons. The van der Waals surface area contributed by atoms with Crippen LogP contribution in [-0.2, 0) is 23.2 Å². The number of benzene rings is 1. The first-order valence-electron chi connectivity index (χ1n) is 9.61. The molecular formula is C23H26N4O2. The highest BCUT2D eigenvalue weighted by Crippen LogP contribution is 2.29. The maximum absolute atomic E-state index is 12.8. The predicted octanol–water partition coefficient (Wildman–Crippen LogP) is 2.63. The molecule has 0 saturated carbocycles. The largest absolute Gasteiger partial charge is 0.497 e. The summed E-state index contributed by atoms with van der Waals surface area (Å²) < 4.78 is 5.37. The summed E-state index contributed by atoms with van der Waals surface area (Å²) in [4.78, 5) is 21.0. The summed E-state index contributed by atoms with van der Waals surface area (Å²) in [6.07, 6.45) is 9.02. The molecular weight excluding hydrogens is 364 g/mol. The summed E-state index contributed by atoms with van der Waals surface area (Å²) in [5.74, 6) is 0.275. The van der Waals surface area contributed by atoms with Crippen LogP contribution in [0.15, 0.2) is 73.3 Å². The number of rotatable bonds is 10. The molecule has 0 saturated heterocycles. The van der Waals surface area contributed by atoms with E-state index < -0.39 is 11.4 Å². The van der Waals surface area contributed by atoms with Gasteiger partial charge in [-0.05, 0) is 66.3 Å². The van der Waals surface area contributed by atoms with Gasteiger partial charge in [0.25, 0.3) is 0 Å². The molecule has 1 amide bonds. The zero-order chi connectivity index (χ0) is 20.5. The summed E-state index contributed by atoms with van der Waals surface area (Å²) >= 11 is 0. The van der Waals surface area contributed by atoms with Crippen molar-refractivity contribution in [2.24, 2.45) is 5.73 Å². The van der Waals surface area contributed by atoms with Gasteiger partial charge in [0, 0.05) is 31.3 Å². The molecule has 1 unspecified atom stereocenters. The highest BCUT2D eigenvalue weighted by atomic mass is 16.5. The Bertz CT molecular complexity index is 918. The molecule has 3 N–H and O–H groups in total. The van der Waals surface area contributed by atoms with Gasteiger partial charge >= 0.3 is 0 Å². The number of ether oxygens (including phenoxy) is 1. The lowest BCUT2D eigenvalue weighted by atomic mass is 9.83. The third kappa shape index (κ3) is 5.18.